The van der Waals surface area contributed by atoms with Crippen molar-refractivity contribution in [2.45, 2.75) is 32.5 Å². The molecule has 0 saturated heterocycles. The Morgan fingerprint density at radius 2 is 2.09 bits per heavy atom. The second-order valence-corrected chi connectivity index (χ2v) is 5.26. The number of anilines is 1. The summed E-state index contributed by atoms with van der Waals surface area (Å²) in [6.07, 6.45) is 1.25. The van der Waals surface area contributed by atoms with Crippen LogP contribution in [0.1, 0.15) is 36.1 Å². The van der Waals surface area contributed by atoms with E-state index in [2.05, 4.69) is 18.3 Å². The molecule has 4 heteroatoms. The number of rotatable bonds is 7. The zero-order valence-corrected chi connectivity index (χ0v) is 12.7. The molecule has 0 aromatic heterocycles. The summed E-state index contributed by atoms with van der Waals surface area (Å²) in [5.41, 5.74) is 3.16. The van der Waals surface area contributed by atoms with Crippen LogP contribution in [-0.4, -0.2) is 21.9 Å². The maximum Gasteiger partial charge on any atom is 0.121 e. The lowest BCUT2D eigenvalue weighted by Gasteiger charge is -2.16. The second kappa shape index (κ2) is 7.82. The van der Waals surface area contributed by atoms with E-state index in [9.17, 15) is 10.2 Å². The van der Waals surface area contributed by atoms with E-state index in [4.69, 9.17) is 5.11 Å². The molecule has 0 fully saturated rings. The molecule has 0 amide bonds. The van der Waals surface area contributed by atoms with Gasteiger partial charge >= 0.3 is 0 Å². The zero-order chi connectivity index (χ0) is 15.9. The molecule has 0 saturated carbocycles. The van der Waals surface area contributed by atoms with E-state index in [1.54, 1.807) is 12.1 Å². The Morgan fingerprint density at radius 1 is 1.27 bits per heavy atom. The van der Waals surface area contributed by atoms with Crippen LogP contribution < -0.4 is 5.32 Å². The first-order chi connectivity index (χ1) is 10.7. The Bertz CT molecular complexity index is 613. The van der Waals surface area contributed by atoms with E-state index < -0.39 is 6.10 Å². The van der Waals surface area contributed by atoms with Crippen molar-refractivity contribution in [2.75, 3.05) is 11.9 Å². The molecule has 117 valence electrons. The summed E-state index contributed by atoms with van der Waals surface area (Å²) in [7, 11) is 0. The molecule has 0 aliphatic rings. The average Bonchev–Trinajstić information content (AvgIpc) is 2.54. The first-order valence-corrected chi connectivity index (χ1v) is 7.49. The van der Waals surface area contributed by atoms with E-state index >= 15 is 0 Å². The van der Waals surface area contributed by atoms with Gasteiger partial charge in [-0.1, -0.05) is 31.5 Å². The van der Waals surface area contributed by atoms with Gasteiger partial charge in [0.2, 0.25) is 0 Å². The van der Waals surface area contributed by atoms with Crippen molar-refractivity contribution in [1.82, 2.24) is 0 Å². The number of aryl methyl sites for hydroxylation is 1. The maximum atomic E-state index is 10.3. The van der Waals surface area contributed by atoms with E-state index in [0.717, 1.165) is 24.1 Å². The highest BCUT2D eigenvalue weighted by molar-refractivity contribution is 5.51. The van der Waals surface area contributed by atoms with Gasteiger partial charge in [0.15, 0.2) is 0 Å². The molecule has 1 atom stereocenters. The molecule has 4 N–H and O–H groups in total. The molecule has 2 aromatic rings. The van der Waals surface area contributed by atoms with Crippen molar-refractivity contribution in [2.24, 2.45) is 0 Å². The third kappa shape index (κ3) is 4.00. The first-order valence-electron chi connectivity index (χ1n) is 7.49. The summed E-state index contributed by atoms with van der Waals surface area (Å²) in [6.45, 7) is 2.21. The van der Waals surface area contributed by atoms with Crippen LogP contribution in [0.15, 0.2) is 36.4 Å². The Hall–Kier alpha value is -2.04. The predicted molar refractivity (Wildman–Crippen MR) is 86.8 cm³/mol. The molecule has 0 aliphatic carbocycles. The van der Waals surface area contributed by atoms with Gasteiger partial charge in [0, 0.05) is 17.8 Å². The maximum absolute atomic E-state index is 10.3. The summed E-state index contributed by atoms with van der Waals surface area (Å²) in [5.74, 6) is 0.0364. The second-order valence-electron chi connectivity index (χ2n) is 5.26. The van der Waals surface area contributed by atoms with Crippen molar-refractivity contribution in [3.63, 3.8) is 0 Å². The lowest BCUT2D eigenvalue weighted by molar-refractivity contribution is 0.191. The van der Waals surface area contributed by atoms with Crippen LogP contribution in [-0.2, 0) is 13.0 Å². The minimum absolute atomic E-state index is 0.0364. The predicted octanol–water partition coefficient (Wildman–Crippen LogP) is 2.78. The number of phenols is 1. The molecule has 0 spiro atoms. The van der Waals surface area contributed by atoms with Crippen LogP contribution in [0.25, 0.3) is 0 Å². The zero-order valence-electron chi connectivity index (χ0n) is 12.7. The highest BCUT2D eigenvalue weighted by Crippen LogP contribution is 2.23. The summed E-state index contributed by atoms with van der Waals surface area (Å²) < 4.78 is 0. The molecule has 0 aliphatic heterocycles. The van der Waals surface area contributed by atoms with E-state index in [0.29, 0.717) is 17.7 Å². The summed E-state index contributed by atoms with van der Waals surface area (Å²) in [6, 6.07) is 13.8. The van der Waals surface area contributed by atoms with Crippen molar-refractivity contribution < 1.29 is 15.3 Å². The fraction of sp³-hybridized carbons (Fsp3) is 0.333. The molecule has 0 heterocycles. The molecular weight excluding hydrogens is 278 g/mol. The van der Waals surface area contributed by atoms with E-state index in [1.807, 2.05) is 18.2 Å². The molecule has 2 aromatic carbocycles. The van der Waals surface area contributed by atoms with Gasteiger partial charge in [0.1, 0.15) is 5.75 Å². The molecule has 22 heavy (non-hydrogen) atoms. The Labute approximate surface area is 131 Å². The van der Waals surface area contributed by atoms with Crippen LogP contribution in [0, 0.1) is 6.07 Å². The highest BCUT2D eigenvalue weighted by atomic mass is 16.3. The van der Waals surface area contributed by atoms with Gasteiger partial charge in [-0.25, -0.2) is 0 Å². The van der Waals surface area contributed by atoms with Gasteiger partial charge in [-0.3, -0.25) is 0 Å². The lowest BCUT2D eigenvalue weighted by atomic mass is 10.0. The Kier molecular flexibility index (Phi) is 5.81. The average molecular weight is 300 g/mol. The lowest BCUT2D eigenvalue weighted by Crippen LogP contribution is -2.13. The fourth-order valence-corrected chi connectivity index (χ4v) is 2.36. The van der Waals surface area contributed by atoms with Gasteiger partial charge < -0.3 is 20.6 Å². The van der Waals surface area contributed by atoms with Crippen molar-refractivity contribution in [1.29, 1.82) is 0 Å². The quantitative estimate of drug-likeness (QED) is 0.634. The molecule has 1 unspecified atom stereocenters. The number of aliphatic hydroxyl groups excluding tert-OH is 2. The molecule has 2 rings (SSSR count). The summed E-state index contributed by atoms with van der Waals surface area (Å²) in [5, 5.41) is 32.2. The minimum Gasteiger partial charge on any atom is -0.508 e. The van der Waals surface area contributed by atoms with Crippen molar-refractivity contribution in [3.05, 3.63) is 59.2 Å². The number of aliphatic hydroxyl groups is 2. The number of aromatic hydroxyl groups is 1. The summed E-state index contributed by atoms with van der Waals surface area (Å²) in [4.78, 5) is 0. The van der Waals surface area contributed by atoms with Crippen molar-refractivity contribution in [3.8, 4) is 5.75 Å². The van der Waals surface area contributed by atoms with Gasteiger partial charge in [-0.05, 0) is 41.8 Å². The molecule has 0 bridgehead atoms. The molecular formula is C18H22NO3. The number of benzene rings is 2. The monoisotopic (exact) mass is 300 g/mol. The largest absolute Gasteiger partial charge is 0.508 e. The molecule has 4 nitrogen and oxygen atoms in total. The number of hydrogen-bond donors (Lipinski definition) is 4. The van der Waals surface area contributed by atoms with E-state index in [1.165, 1.54) is 6.07 Å². The summed E-state index contributed by atoms with van der Waals surface area (Å²) >= 11 is 0. The Balaban J connectivity index is 2.05. The Morgan fingerprint density at radius 3 is 2.82 bits per heavy atom. The standard InChI is InChI=1S/C18H22NO3/c1-2-5-13-6-3-4-7-16(13)19-11-18(22)14-8-9-17(21)15(10-14)12-20/h3-4,7-10,18-22H,2,5,11-12H2,1H3. The van der Waals surface area contributed by atoms with Gasteiger partial charge in [0.25, 0.3) is 0 Å². The SMILES string of the molecule is CCCc1[c]cccc1NCC(O)c1ccc(O)c(CO)c1. The highest BCUT2D eigenvalue weighted by Gasteiger charge is 2.11. The smallest absolute Gasteiger partial charge is 0.121 e. The van der Waals surface area contributed by atoms with Crippen LogP contribution >= 0.6 is 0 Å². The van der Waals surface area contributed by atoms with Crippen LogP contribution in [0.4, 0.5) is 5.69 Å². The van der Waals surface area contributed by atoms with Crippen molar-refractivity contribution >= 4 is 5.69 Å². The van der Waals surface area contributed by atoms with Crippen LogP contribution in [0.3, 0.4) is 0 Å². The topological polar surface area (TPSA) is 72.7 Å². The molecule has 1 radical (unpaired) electrons. The third-order valence-electron chi connectivity index (χ3n) is 3.59. The van der Waals surface area contributed by atoms with Crippen LogP contribution in [0.2, 0.25) is 0 Å². The minimum atomic E-state index is -0.722. The van der Waals surface area contributed by atoms with Gasteiger partial charge in [-0.2, -0.15) is 0 Å². The number of nitrogens with one attached hydrogen (secondary N) is 1. The van der Waals surface area contributed by atoms with Crippen LogP contribution in [0.5, 0.6) is 5.75 Å². The first kappa shape index (κ1) is 16.3. The van der Waals surface area contributed by atoms with Gasteiger partial charge in [0.05, 0.1) is 12.7 Å². The van der Waals surface area contributed by atoms with Gasteiger partial charge in [-0.15, -0.1) is 0 Å². The third-order valence-corrected chi connectivity index (χ3v) is 3.59. The van der Waals surface area contributed by atoms with E-state index in [-0.39, 0.29) is 12.4 Å². The normalized spacial score (nSPS) is 12.1. The fourth-order valence-electron chi connectivity index (χ4n) is 2.36. The number of hydrogen-bond acceptors (Lipinski definition) is 4.